The summed E-state index contributed by atoms with van der Waals surface area (Å²) >= 11 is 3.80. The zero-order valence-corrected chi connectivity index (χ0v) is 12.9. The summed E-state index contributed by atoms with van der Waals surface area (Å²) in [7, 11) is 0. The third-order valence-corrected chi connectivity index (χ3v) is 5.14. The standard InChI is InChI=1S/C9H8N6O3S3/c1-19-8-12-13-9(21-8)20-7-5(15(17)18)2-4(3-11-7)6(10)14-16/h2-3,16H,1H3,(H2,10,14). The van der Waals surface area contributed by atoms with Crippen LogP contribution in [0.2, 0.25) is 0 Å². The topological polar surface area (TPSA) is 140 Å². The Morgan fingerprint density at radius 3 is 2.81 bits per heavy atom. The molecule has 2 aromatic heterocycles. The number of pyridine rings is 1. The smallest absolute Gasteiger partial charge is 0.302 e. The lowest BCUT2D eigenvalue weighted by Crippen LogP contribution is -2.14. The molecule has 0 aliphatic rings. The van der Waals surface area contributed by atoms with E-state index in [1.165, 1.54) is 35.4 Å². The molecule has 0 atom stereocenters. The van der Waals surface area contributed by atoms with Crippen molar-refractivity contribution in [2.24, 2.45) is 10.9 Å². The Bertz CT molecular complexity index is 704. The molecular weight excluding hydrogens is 336 g/mol. The van der Waals surface area contributed by atoms with Crippen molar-refractivity contribution in [3.63, 3.8) is 0 Å². The van der Waals surface area contributed by atoms with Crippen LogP contribution in [0.15, 0.2) is 31.1 Å². The van der Waals surface area contributed by atoms with Crippen molar-refractivity contribution in [1.29, 1.82) is 0 Å². The molecule has 2 aromatic rings. The Labute approximate surface area is 130 Å². The van der Waals surface area contributed by atoms with Gasteiger partial charge < -0.3 is 10.9 Å². The van der Waals surface area contributed by atoms with Crippen LogP contribution in [0.3, 0.4) is 0 Å². The number of rotatable bonds is 5. The van der Waals surface area contributed by atoms with Gasteiger partial charge in [-0.3, -0.25) is 10.1 Å². The van der Waals surface area contributed by atoms with Crippen LogP contribution in [0.5, 0.6) is 0 Å². The van der Waals surface area contributed by atoms with Crippen LogP contribution in [-0.4, -0.2) is 37.4 Å². The maximum atomic E-state index is 11.1. The number of amidine groups is 1. The Kier molecular flexibility index (Phi) is 4.93. The summed E-state index contributed by atoms with van der Waals surface area (Å²) in [4.78, 5) is 14.5. The second-order valence-electron chi connectivity index (χ2n) is 3.43. The fourth-order valence-corrected chi connectivity index (χ4v) is 3.65. The molecule has 9 nitrogen and oxygen atoms in total. The van der Waals surface area contributed by atoms with Gasteiger partial charge in [0.15, 0.2) is 19.5 Å². The Morgan fingerprint density at radius 2 is 2.24 bits per heavy atom. The zero-order chi connectivity index (χ0) is 15.4. The number of nitro groups is 1. The van der Waals surface area contributed by atoms with Gasteiger partial charge in [-0.2, -0.15) is 0 Å². The van der Waals surface area contributed by atoms with Crippen molar-refractivity contribution in [3.8, 4) is 0 Å². The number of nitrogens with zero attached hydrogens (tertiary/aromatic N) is 5. The summed E-state index contributed by atoms with van der Waals surface area (Å²) in [5, 5.41) is 30.5. The summed E-state index contributed by atoms with van der Waals surface area (Å²) in [5.41, 5.74) is 5.31. The lowest BCUT2D eigenvalue weighted by molar-refractivity contribution is -0.388. The highest BCUT2D eigenvalue weighted by molar-refractivity contribution is 8.03. The van der Waals surface area contributed by atoms with E-state index in [0.717, 1.165) is 16.1 Å². The summed E-state index contributed by atoms with van der Waals surface area (Å²) in [6.07, 6.45) is 3.16. The zero-order valence-electron chi connectivity index (χ0n) is 10.5. The van der Waals surface area contributed by atoms with Gasteiger partial charge in [-0.25, -0.2) is 4.98 Å². The summed E-state index contributed by atoms with van der Waals surface area (Å²) in [6.45, 7) is 0. The van der Waals surface area contributed by atoms with E-state index in [-0.39, 0.29) is 22.1 Å². The summed E-state index contributed by atoms with van der Waals surface area (Å²) in [6, 6.07) is 1.20. The molecule has 0 aliphatic carbocycles. The second kappa shape index (κ2) is 6.69. The van der Waals surface area contributed by atoms with Gasteiger partial charge in [0.2, 0.25) is 0 Å². The molecule has 0 amide bonds. The molecule has 21 heavy (non-hydrogen) atoms. The SMILES string of the molecule is CSc1nnc(Sc2ncc(C(N)=NO)cc2[N+](=O)[O-])s1. The Morgan fingerprint density at radius 1 is 1.52 bits per heavy atom. The van der Waals surface area contributed by atoms with E-state index in [2.05, 4.69) is 20.3 Å². The molecular formula is C9H8N6O3S3. The van der Waals surface area contributed by atoms with Crippen molar-refractivity contribution < 1.29 is 10.1 Å². The number of hydrogen-bond acceptors (Lipinski definition) is 10. The van der Waals surface area contributed by atoms with Gasteiger partial charge in [0.1, 0.15) is 0 Å². The number of hydrogen-bond donors (Lipinski definition) is 2. The van der Waals surface area contributed by atoms with Crippen LogP contribution in [-0.2, 0) is 0 Å². The Balaban J connectivity index is 2.36. The monoisotopic (exact) mass is 344 g/mol. The average Bonchev–Trinajstić information content (AvgIpc) is 2.94. The van der Waals surface area contributed by atoms with Gasteiger partial charge in [-0.05, 0) is 18.0 Å². The van der Waals surface area contributed by atoms with E-state index in [1.807, 2.05) is 6.26 Å². The van der Waals surface area contributed by atoms with Crippen LogP contribution in [0, 0.1) is 10.1 Å². The lowest BCUT2D eigenvalue weighted by atomic mass is 10.2. The quantitative estimate of drug-likeness (QED) is 0.207. The molecule has 12 heteroatoms. The number of thioether (sulfide) groups is 1. The predicted molar refractivity (Wildman–Crippen MR) is 79.2 cm³/mol. The van der Waals surface area contributed by atoms with Crippen molar-refractivity contribution >= 4 is 46.4 Å². The maximum absolute atomic E-state index is 11.1. The first-order valence-electron chi connectivity index (χ1n) is 5.22. The molecule has 0 spiro atoms. The van der Waals surface area contributed by atoms with Gasteiger partial charge in [-0.1, -0.05) is 28.3 Å². The highest BCUT2D eigenvalue weighted by Gasteiger charge is 2.20. The third kappa shape index (κ3) is 3.59. The molecule has 3 N–H and O–H groups in total. The molecule has 0 unspecified atom stereocenters. The van der Waals surface area contributed by atoms with Crippen LogP contribution in [0.1, 0.15) is 5.56 Å². The first kappa shape index (κ1) is 15.5. The number of oxime groups is 1. The van der Waals surface area contributed by atoms with Crippen molar-refractivity contribution in [1.82, 2.24) is 15.2 Å². The Hall–Kier alpha value is -1.92. The van der Waals surface area contributed by atoms with E-state index < -0.39 is 4.92 Å². The lowest BCUT2D eigenvalue weighted by Gasteiger charge is -2.02. The van der Waals surface area contributed by atoms with E-state index in [1.54, 1.807) is 0 Å². The van der Waals surface area contributed by atoms with Gasteiger partial charge in [-0.15, -0.1) is 10.2 Å². The van der Waals surface area contributed by atoms with Crippen LogP contribution in [0.4, 0.5) is 5.69 Å². The molecule has 0 fully saturated rings. The van der Waals surface area contributed by atoms with Crippen molar-refractivity contribution in [2.45, 2.75) is 13.7 Å². The van der Waals surface area contributed by atoms with Gasteiger partial charge in [0.25, 0.3) is 0 Å². The van der Waals surface area contributed by atoms with Gasteiger partial charge in [0, 0.05) is 17.8 Å². The van der Waals surface area contributed by atoms with E-state index in [0.29, 0.717) is 4.34 Å². The van der Waals surface area contributed by atoms with Crippen LogP contribution in [0.25, 0.3) is 0 Å². The molecule has 2 rings (SSSR count). The van der Waals surface area contributed by atoms with E-state index in [9.17, 15) is 10.1 Å². The molecule has 0 saturated heterocycles. The molecule has 0 aliphatic heterocycles. The maximum Gasteiger partial charge on any atom is 0.302 e. The molecule has 0 radical (unpaired) electrons. The second-order valence-corrected chi connectivity index (χ2v) is 6.70. The predicted octanol–water partition coefficient (Wildman–Crippen LogP) is 1.81. The molecule has 110 valence electrons. The average molecular weight is 344 g/mol. The first-order valence-corrected chi connectivity index (χ1v) is 8.08. The molecule has 0 aromatic carbocycles. The van der Waals surface area contributed by atoms with E-state index in [4.69, 9.17) is 10.9 Å². The highest BCUT2D eigenvalue weighted by Crippen LogP contribution is 2.36. The minimum absolute atomic E-state index is 0.163. The normalized spacial score (nSPS) is 11.6. The largest absolute Gasteiger partial charge is 0.409 e. The first-order chi connectivity index (χ1) is 10.0. The molecule has 0 saturated carbocycles. The third-order valence-electron chi connectivity index (χ3n) is 2.18. The highest BCUT2D eigenvalue weighted by atomic mass is 32.2. The summed E-state index contributed by atoms with van der Waals surface area (Å²) < 4.78 is 1.31. The number of aromatic nitrogens is 3. The number of nitrogens with two attached hydrogens (primary N) is 1. The fourth-order valence-electron chi connectivity index (χ4n) is 1.25. The molecule has 2 heterocycles. The van der Waals surface area contributed by atoms with Crippen molar-refractivity contribution in [2.75, 3.05) is 6.26 Å². The molecule has 0 bridgehead atoms. The fraction of sp³-hybridized carbons (Fsp3) is 0.111. The van der Waals surface area contributed by atoms with E-state index >= 15 is 0 Å². The van der Waals surface area contributed by atoms with Gasteiger partial charge >= 0.3 is 5.69 Å². The van der Waals surface area contributed by atoms with Crippen LogP contribution < -0.4 is 5.73 Å². The summed E-state index contributed by atoms with van der Waals surface area (Å²) in [5.74, 6) is -0.247. The van der Waals surface area contributed by atoms with Crippen molar-refractivity contribution in [3.05, 3.63) is 27.9 Å². The van der Waals surface area contributed by atoms with Crippen LogP contribution >= 0.6 is 34.9 Å². The van der Waals surface area contributed by atoms with Gasteiger partial charge in [0.05, 0.1) is 4.92 Å². The minimum Gasteiger partial charge on any atom is -0.409 e. The minimum atomic E-state index is -0.583.